The number of rotatable bonds is 2. The molecule has 0 amide bonds. The standard InChI is InChI=1S/C15H16O4/c1-8-5-11-12(6-9(8)2)15(17)14(18-4)7-13(11)19-10(3)16/h5-7,17H,1-4H3. The highest BCUT2D eigenvalue weighted by Gasteiger charge is 2.15. The number of esters is 1. The number of carbonyl (C=O) groups excluding carboxylic acids is 1. The van der Waals surface area contributed by atoms with Crippen LogP contribution in [0.5, 0.6) is 17.2 Å². The molecule has 2 rings (SSSR count). The Morgan fingerprint density at radius 1 is 1.05 bits per heavy atom. The first kappa shape index (κ1) is 13.2. The fourth-order valence-corrected chi connectivity index (χ4v) is 2.01. The zero-order valence-corrected chi connectivity index (χ0v) is 11.4. The summed E-state index contributed by atoms with van der Waals surface area (Å²) in [6, 6.07) is 5.27. The zero-order chi connectivity index (χ0) is 14.2. The molecular formula is C15H16O4. The Morgan fingerprint density at radius 2 is 1.63 bits per heavy atom. The molecule has 4 nitrogen and oxygen atoms in total. The Labute approximate surface area is 111 Å². The van der Waals surface area contributed by atoms with E-state index >= 15 is 0 Å². The lowest BCUT2D eigenvalue weighted by Crippen LogP contribution is -2.02. The van der Waals surface area contributed by atoms with Crippen LogP contribution in [0.3, 0.4) is 0 Å². The molecule has 2 aromatic carbocycles. The smallest absolute Gasteiger partial charge is 0.308 e. The van der Waals surface area contributed by atoms with Gasteiger partial charge in [-0.05, 0) is 37.1 Å². The molecule has 0 aliphatic heterocycles. The van der Waals surface area contributed by atoms with E-state index in [0.717, 1.165) is 11.1 Å². The Hall–Kier alpha value is -2.23. The molecule has 0 radical (unpaired) electrons. The maximum Gasteiger partial charge on any atom is 0.308 e. The Kier molecular flexibility index (Phi) is 3.34. The van der Waals surface area contributed by atoms with Crippen LogP contribution in [0.2, 0.25) is 0 Å². The summed E-state index contributed by atoms with van der Waals surface area (Å²) in [5.41, 5.74) is 2.11. The lowest BCUT2D eigenvalue weighted by atomic mass is 10.0. The number of benzene rings is 2. The van der Waals surface area contributed by atoms with Gasteiger partial charge in [0.25, 0.3) is 0 Å². The molecule has 4 heteroatoms. The third kappa shape index (κ3) is 2.34. The number of phenolic OH excluding ortho intramolecular Hbond substituents is 1. The SMILES string of the molecule is COc1cc(OC(C)=O)c2cc(C)c(C)cc2c1O. The number of carbonyl (C=O) groups is 1. The maximum absolute atomic E-state index is 11.2. The molecule has 2 aromatic rings. The van der Waals surface area contributed by atoms with Crippen molar-refractivity contribution >= 4 is 16.7 Å². The van der Waals surface area contributed by atoms with Crippen molar-refractivity contribution in [3.63, 3.8) is 0 Å². The van der Waals surface area contributed by atoms with Crippen molar-refractivity contribution < 1.29 is 19.4 Å². The van der Waals surface area contributed by atoms with Gasteiger partial charge in [-0.15, -0.1) is 0 Å². The molecule has 0 saturated heterocycles. The van der Waals surface area contributed by atoms with Gasteiger partial charge >= 0.3 is 5.97 Å². The van der Waals surface area contributed by atoms with Gasteiger partial charge in [0.15, 0.2) is 11.5 Å². The highest BCUT2D eigenvalue weighted by atomic mass is 16.5. The minimum atomic E-state index is -0.410. The van der Waals surface area contributed by atoms with Gasteiger partial charge in [0.2, 0.25) is 0 Å². The number of aryl methyl sites for hydroxylation is 2. The Bertz CT molecular complexity index is 659. The second-order valence-electron chi connectivity index (χ2n) is 4.50. The van der Waals surface area contributed by atoms with Crippen LogP contribution in [0.15, 0.2) is 18.2 Å². The number of hydrogen-bond donors (Lipinski definition) is 1. The lowest BCUT2D eigenvalue weighted by Gasteiger charge is -2.13. The topological polar surface area (TPSA) is 55.8 Å². The first-order valence-electron chi connectivity index (χ1n) is 5.93. The Morgan fingerprint density at radius 3 is 2.16 bits per heavy atom. The maximum atomic E-state index is 11.2. The normalized spacial score (nSPS) is 10.5. The summed E-state index contributed by atoms with van der Waals surface area (Å²) < 4.78 is 10.3. The average molecular weight is 260 g/mol. The highest BCUT2D eigenvalue weighted by Crippen LogP contribution is 2.41. The van der Waals surface area contributed by atoms with Gasteiger partial charge in [-0.2, -0.15) is 0 Å². The van der Waals surface area contributed by atoms with Gasteiger partial charge in [0, 0.05) is 23.8 Å². The number of hydrogen-bond acceptors (Lipinski definition) is 4. The molecule has 19 heavy (non-hydrogen) atoms. The summed E-state index contributed by atoms with van der Waals surface area (Å²) in [5, 5.41) is 11.5. The second kappa shape index (κ2) is 4.80. The second-order valence-corrected chi connectivity index (χ2v) is 4.50. The van der Waals surface area contributed by atoms with Gasteiger partial charge in [-0.1, -0.05) is 0 Å². The van der Waals surface area contributed by atoms with Crippen LogP contribution in [0.4, 0.5) is 0 Å². The van der Waals surface area contributed by atoms with Gasteiger partial charge < -0.3 is 14.6 Å². The van der Waals surface area contributed by atoms with E-state index in [1.54, 1.807) is 0 Å². The fourth-order valence-electron chi connectivity index (χ4n) is 2.01. The number of methoxy groups -OCH3 is 1. The van der Waals surface area contributed by atoms with Crippen LogP contribution < -0.4 is 9.47 Å². The molecule has 0 spiro atoms. The van der Waals surface area contributed by atoms with E-state index in [2.05, 4.69) is 0 Å². The van der Waals surface area contributed by atoms with E-state index in [0.29, 0.717) is 16.5 Å². The summed E-state index contributed by atoms with van der Waals surface area (Å²) in [6.07, 6.45) is 0. The summed E-state index contributed by atoms with van der Waals surface area (Å²) in [4.78, 5) is 11.2. The van der Waals surface area contributed by atoms with E-state index in [-0.39, 0.29) is 11.5 Å². The number of phenols is 1. The van der Waals surface area contributed by atoms with Crippen LogP contribution in [0.25, 0.3) is 10.8 Å². The van der Waals surface area contributed by atoms with Crippen LogP contribution in [0, 0.1) is 13.8 Å². The van der Waals surface area contributed by atoms with E-state index in [1.807, 2.05) is 26.0 Å². The van der Waals surface area contributed by atoms with Crippen molar-refractivity contribution in [2.75, 3.05) is 7.11 Å². The van der Waals surface area contributed by atoms with Crippen molar-refractivity contribution in [1.29, 1.82) is 0 Å². The molecular weight excluding hydrogens is 244 g/mol. The monoisotopic (exact) mass is 260 g/mol. The molecule has 1 N–H and O–H groups in total. The van der Waals surface area contributed by atoms with Gasteiger partial charge in [0.05, 0.1) is 7.11 Å². The van der Waals surface area contributed by atoms with Crippen LogP contribution in [0.1, 0.15) is 18.1 Å². The number of fused-ring (bicyclic) bond motifs is 1. The molecule has 0 unspecified atom stereocenters. The first-order valence-corrected chi connectivity index (χ1v) is 5.93. The predicted octanol–water partition coefficient (Wildman–Crippen LogP) is 3.10. The molecule has 0 aromatic heterocycles. The molecule has 0 heterocycles. The summed E-state index contributed by atoms with van der Waals surface area (Å²) in [7, 11) is 1.46. The van der Waals surface area contributed by atoms with Crippen LogP contribution >= 0.6 is 0 Å². The minimum Gasteiger partial charge on any atom is -0.504 e. The van der Waals surface area contributed by atoms with Crippen molar-refractivity contribution in [2.45, 2.75) is 20.8 Å². The van der Waals surface area contributed by atoms with Crippen molar-refractivity contribution in [1.82, 2.24) is 0 Å². The third-order valence-electron chi connectivity index (χ3n) is 3.12. The zero-order valence-electron chi connectivity index (χ0n) is 11.4. The van der Waals surface area contributed by atoms with Gasteiger partial charge in [0.1, 0.15) is 5.75 Å². The first-order chi connectivity index (χ1) is 8.93. The molecule has 0 bridgehead atoms. The van der Waals surface area contributed by atoms with E-state index < -0.39 is 5.97 Å². The van der Waals surface area contributed by atoms with E-state index in [4.69, 9.17) is 9.47 Å². The Balaban J connectivity index is 2.82. The molecule has 0 atom stereocenters. The largest absolute Gasteiger partial charge is 0.504 e. The predicted molar refractivity (Wildman–Crippen MR) is 72.9 cm³/mol. The number of ether oxygens (including phenoxy) is 2. The fraction of sp³-hybridized carbons (Fsp3) is 0.267. The highest BCUT2D eigenvalue weighted by molar-refractivity contribution is 5.97. The molecule has 0 aliphatic rings. The van der Waals surface area contributed by atoms with Crippen LogP contribution in [-0.2, 0) is 4.79 Å². The van der Waals surface area contributed by atoms with Crippen molar-refractivity contribution in [2.24, 2.45) is 0 Å². The summed E-state index contributed by atoms with van der Waals surface area (Å²) in [6.45, 7) is 5.26. The summed E-state index contributed by atoms with van der Waals surface area (Å²) >= 11 is 0. The van der Waals surface area contributed by atoms with Crippen molar-refractivity contribution in [3.05, 3.63) is 29.3 Å². The average Bonchev–Trinajstić information content (AvgIpc) is 2.34. The van der Waals surface area contributed by atoms with E-state index in [1.165, 1.54) is 20.1 Å². The van der Waals surface area contributed by atoms with Crippen molar-refractivity contribution in [3.8, 4) is 17.2 Å². The third-order valence-corrected chi connectivity index (χ3v) is 3.12. The molecule has 0 fully saturated rings. The molecule has 100 valence electrons. The quantitative estimate of drug-likeness (QED) is 0.666. The van der Waals surface area contributed by atoms with Gasteiger partial charge in [-0.3, -0.25) is 4.79 Å². The minimum absolute atomic E-state index is 0.0523. The summed E-state index contributed by atoms with van der Waals surface area (Å²) in [5.74, 6) is 0.316. The van der Waals surface area contributed by atoms with Gasteiger partial charge in [-0.25, -0.2) is 0 Å². The molecule has 0 aliphatic carbocycles. The number of aromatic hydroxyl groups is 1. The lowest BCUT2D eigenvalue weighted by molar-refractivity contribution is -0.131. The van der Waals surface area contributed by atoms with Crippen LogP contribution in [-0.4, -0.2) is 18.2 Å². The van der Waals surface area contributed by atoms with E-state index in [9.17, 15) is 9.90 Å². The molecule has 0 saturated carbocycles.